The van der Waals surface area contributed by atoms with Gasteiger partial charge in [0, 0.05) is 44.9 Å². The maximum Gasteiger partial charge on any atom is 0.329 e. The van der Waals surface area contributed by atoms with Crippen LogP contribution in [0, 0.1) is 17.0 Å². The van der Waals surface area contributed by atoms with Crippen molar-refractivity contribution in [3.8, 4) is 0 Å². The minimum atomic E-state index is -3.98. The minimum Gasteiger partial charge on any atom is -0.384 e. The zero-order valence-corrected chi connectivity index (χ0v) is 19.6. The van der Waals surface area contributed by atoms with E-state index < -0.39 is 32.0 Å². The van der Waals surface area contributed by atoms with Crippen molar-refractivity contribution in [1.82, 2.24) is 18.8 Å². The van der Waals surface area contributed by atoms with E-state index in [1.807, 2.05) is 6.92 Å². The van der Waals surface area contributed by atoms with E-state index in [9.17, 15) is 32.9 Å². The monoisotopic (exact) mass is 494 g/mol. The number of aromatic nitrogens is 2. The molecule has 2 heterocycles. The van der Waals surface area contributed by atoms with Gasteiger partial charge >= 0.3 is 5.69 Å². The van der Waals surface area contributed by atoms with Gasteiger partial charge in [-0.1, -0.05) is 13.0 Å². The molecule has 0 aliphatic carbocycles. The number of H-pyrrole nitrogens is 1. The highest BCUT2D eigenvalue weighted by molar-refractivity contribution is 7.89. The van der Waals surface area contributed by atoms with Crippen LogP contribution < -0.4 is 17.0 Å². The van der Waals surface area contributed by atoms with Crippen LogP contribution in [-0.2, 0) is 16.6 Å². The summed E-state index contributed by atoms with van der Waals surface area (Å²) >= 11 is 0. The fraction of sp³-hybridized carbons (Fsp3) is 0.450. The first-order valence-corrected chi connectivity index (χ1v) is 12.0. The summed E-state index contributed by atoms with van der Waals surface area (Å²) < 4.78 is 28.5. The van der Waals surface area contributed by atoms with Crippen molar-refractivity contribution in [2.75, 3.05) is 38.5 Å². The second kappa shape index (κ2) is 9.87. The van der Waals surface area contributed by atoms with Crippen LogP contribution in [0.15, 0.2) is 32.7 Å². The Kier molecular flexibility index (Phi) is 7.33. The van der Waals surface area contributed by atoms with Gasteiger partial charge in [0.25, 0.3) is 11.2 Å². The molecule has 1 fully saturated rings. The van der Waals surface area contributed by atoms with Gasteiger partial charge in [-0.25, -0.2) is 13.2 Å². The Morgan fingerprint density at radius 1 is 1.21 bits per heavy atom. The van der Waals surface area contributed by atoms with Crippen LogP contribution in [0.1, 0.15) is 29.3 Å². The van der Waals surface area contributed by atoms with Crippen molar-refractivity contribution in [3.05, 3.63) is 60.3 Å². The minimum absolute atomic E-state index is 0.0545. The third-order valence-corrected chi connectivity index (χ3v) is 7.71. The van der Waals surface area contributed by atoms with Gasteiger partial charge in [-0.3, -0.25) is 34.2 Å². The normalized spacial score (nSPS) is 15.4. The molecule has 1 aromatic carbocycles. The van der Waals surface area contributed by atoms with Crippen LogP contribution in [0.2, 0.25) is 0 Å². The lowest BCUT2D eigenvalue weighted by atomic mass is 10.1. The summed E-state index contributed by atoms with van der Waals surface area (Å²) in [6.07, 6.45) is 0.574. The van der Waals surface area contributed by atoms with Gasteiger partial charge in [0.15, 0.2) is 5.78 Å². The number of aryl methyl sites for hydroxylation is 1. The van der Waals surface area contributed by atoms with Crippen LogP contribution >= 0.6 is 0 Å². The SMILES string of the molecule is CCCn1c(N)c(C(=O)CN2CCN(S(=O)(=O)c3cc([N+](=O)[O-])ccc3C)CC2)c(=O)[nH]c1=O. The third kappa shape index (κ3) is 4.93. The lowest BCUT2D eigenvalue weighted by Crippen LogP contribution is -2.50. The second-order valence-electron chi connectivity index (χ2n) is 7.98. The molecule has 0 spiro atoms. The highest BCUT2D eigenvalue weighted by atomic mass is 32.2. The average molecular weight is 495 g/mol. The molecule has 0 bridgehead atoms. The topological polar surface area (TPSA) is 182 Å². The molecule has 1 aliphatic heterocycles. The van der Waals surface area contributed by atoms with Gasteiger partial charge in [0.05, 0.1) is 16.4 Å². The maximum atomic E-state index is 13.1. The smallest absolute Gasteiger partial charge is 0.329 e. The zero-order valence-electron chi connectivity index (χ0n) is 18.8. The summed E-state index contributed by atoms with van der Waals surface area (Å²) in [4.78, 5) is 51.1. The summed E-state index contributed by atoms with van der Waals surface area (Å²) in [5, 5.41) is 11.1. The molecule has 0 radical (unpaired) electrons. The molecule has 0 amide bonds. The van der Waals surface area contributed by atoms with Gasteiger partial charge in [0.2, 0.25) is 10.0 Å². The summed E-state index contributed by atoms with van der Waals surface area (Å²) in [5.74, 6) is -0.766. The quantitative estimate of drug-likeness (QED) is 0.288. The van der Waals surface area contributed by atoms with E-state index in [1.165, 1.54) is 16.4 Å². The molecule has 0 unspecified atom stereocenters. The van der Waals surface area contributed by atoms with Gasteiger partial charge < -0.3 is 5.73 Å². The number of anilines is 1. The number of aromatic amines is 1. The van der Waals surface area contributed by atoms with Crippen molar-refractivity contribution in [1.29, 1.82) is 0 Å². The Bertz CT molecular complexity index is 1340. The predicted molar refractivity (Wildman–Crippen MR) is 123 cm³/mol. The Balaban J connectivity index is 1.74. The number of Topliss-reactive ketones (excluding diaryl/α,β-unsaturated/α-hetero) is 1. The van der Waals surface area contributed by atoms with Gasteiger partial charge in [-0.05, 0) is 18.9 Å². The number of nitro benzene ring substituents is 1. The van der Waals surface area contributed by atoms with E-state index in [1.54, 1.807) is 11.8 Å². The van der Waals surface area contributed by atoms with E-state index in [4.69, 9.17) is 5.73 Å². The summed E-state index contributed by atoms with van der Waals surface area (Å²) in [5.41, 5.74) is 4.17. The molecule has 0 atom stereocenters. The van der Waals surface area contributed by atoms with E-state index in [2.05, 4.69) is 4.98 Å². The van der Waals surface area contributed by atoms with Crippen molar-refractivity contribution in [2.24, 2.45) is 0 Å². The Hall–Kier alpha value is -3.36. The molecule has 34 heavy (non-hydrogen) atoms. The maximum absolute atomic E-state index is 13.1. The number of nitrogens with two attached hydrogens (primary N) is 1. The molecule has 0 saturated carbocycles. The number of piperazine rings is 1. The molecule has 1 aliphatic rings. The number of nitrogens with one attached hydrogen (secondary N) is 1. The number of benzene rings is 1. The van der Waals surface area contributed by atoms with Crippen molar-refractivity contribution >= 4 is 27.3 Å². The van der Waals surface area contributed by atoms with E-state index in [-0.39, 0.29) is 61.2 Å². The number of rotatable bonds is 8. The molecule has 1 aromatic heterocycles. The van der Waals surface area contributed by atoms with Crippen LogP contribution in [0.25, 0.3) is 0 Å². The van der Waals surface area contributed by atoms with E-state index >= 15 is 0 Å². The molecular weight excluding hydrogens is 468 g/mol. The first kappa shape index (κ1) is 25.3. The van der Waals surface area contributed by atoms with Crippen LogP contribution in [-0.4, -0.2) is 70.6 Å². The van der Waals surface area contributed by atoms with Crippen molar-refractivity contribution in [3.63, 3.8) is 0 Å². The van der Waals surface area contributed by atoms with E-state index in [0.29, 0.717) is 12.0 Å². The first-order chi connectivity index (χ1) is 16.0. The third-order valence-electron chi connectivity index (χ3n) is 5.66. The number of carbonyl (C=O) groups excluding carboxylic acids is 1. The zero-order chi connectivity index (χ0) is 25.2. The van der Waals surface area contributed by atoms with Crippen molar-refractivity contribution in [2.45, 2.75) is 31.7 Å². The highest BCUT2D eigenvalue weighted by Gasteiger charge is 2.32. The molecule has 2 aromatic rings. The summed E-state index contributed by atoms with van der Waals surface area (Å²) in [6.45, 7) is 3.96. The molecule has 3 N–H and O–H groups in total. The number of non-ortho nitro benzene ring substituents is 1. The van der Waals surface area contributed by atoms with Gasteiger partial charge in [-0.2, -0.15) is 4.31 Å². The molecule has 1 saturated heterocycles. The number of carbonyl (C=O) groups is 1. The fourth-order valence-corrected chi connectivity index (χ4v) is 5.50. The van der Waals surface area contributed by atoms with Crippen LogP contribution in [0.3, 0.4) is 0 Å². The first-order valence-electron chi connectivity index (χ1n) is 10.6. The van der Waals surface area contributed by atoms with Gasteiger partial charge in [0.1, 0.15) is 11.4 Å². The Morgan fingerprint density at radius 3 is 2.44 bits per heavy atom. The Morgan fingerprint density at radius 2 is 1.85 bits per heavy atom. The standard InChI is InChI=1S/C20H26N6O7S/c1-3-6-25-18(21)17(19(28)22-20(25)29)15(27)12-23-7-9-24(10-8-23)34(32,33)16-11-14(26(30)31)5-4-13(16)2/h4-5,11H,3,6-10,12,21H2,1-2H3,(H,22,28,29). The van der Waals surface area contributed by atoms with Crippen LogP contribution in [0.5, 0.6) is 0 Å². The predicted octanol–water partition coefficient (Wildman–Crippen LogP) is -0.0654. The Labute approximate surface area is 195 Å². The number of hydrogen-bond donors (Lipinski definition) is 2. The number of nitro groups is 1. The number of sulfonamides is 1. The van der Waals surface area contributed by atoms with E-state index in [0.717, 1.165) is 10.6 Å². The molecule has 13 nitrogen and oxygen atoms in total. The lowest BCUT2D eigenvalue weighted by molar-refractivity contribution is -0.385. The lowest BCUT2D eigenvalue weighted by Gasteiger charge is -2.33. The number of ketones is 1. The van der Waals surface area contributed by atoms with Gasteiger partial charge in [-0.15, -0.1) is 0 Å². The second-order valence-corrected chi connectivity index (χ2v) is 9.89. The molecular formula is C20H26N6O7S. The number of hydrogen-bond acceptors (Lipinski definition) is 9. The number of nitrogens with zero attached hydrogens (tertiary/aromatic N) is 4. The summed E-state index contributed by atoms with van der Waals surface area (Å²) in [7, 11) is -3.98. The highest BCUT2D eigenvalue weighted by Crippen LogP contribution is 2.25. The van der Waals surface area contributed by atoms with Crippen LogP contribution in [0.4, 0.5) is 11.5 Å². The fourth-order valence-electron chi connectivity index (χ4n) is 3.83. The van der Waals surface area contributed by atoms with Crippen molar-refractivity contribution < 1.29 is 18.1 Å². The summed E-state index contributed by atoms with van der Waals surface area (Å²) in [6, 6.07) is 3.68. The number of nitrogen functional groups attached to an aromatic ring is 1. The largest absolute Gasteiger partial charge is 0.384 e. The molecule has 14 heteroatoms. The molecule has 184 valence electrons. The molecule has 3 rings (SSSR count). The average Bonchev–Trinajstić information content (AvgIpc) is 2.76.